The van der Waals surface area contributed by atoms with Gasteiger partial charge in [-0.2, -0.15) is 0 Å². The molecule has 0 N–H and O–H groups in total. The van der Waals surface area contributed by atoms with E-state index >= 15 is 0 Å². The molecule has 4 aliphatic rings. The molecule has 0 unspecified atom stereocenters. The summed E-state index contributed by atoms with van der Waals surface area (Å²) in [6.07, 6.45) is 0. The second kappa shape index (κ2) is 12.6. The average molecular weight is 907 g/mol. The lowest BCUT2D eigenvalue weighted by molar-refractivity contribution is 0.660. The van der Waals surface area contributed by atoms with Crippen LogP contribution in [0, 0.1) is 0 Å². The first kappa shape index (κ1) is 39.1. The third kappa shape index (κ3) is 4.63. The Labute approximate surface area is 398 Å². The molecule has 0 saturated heterocycles. The van der Waals surface area contributed by atoms with Crippen molar-refractivity contribution >= 4 is 80.8 Å². The van der Waals surface area contributed by atoms with Gasteiger partial charge in [-0.3, -0.25) is 0 Å². The SMILES string of the molecule is CC1(C)c2ccccc2-c2cc(-c3cc4c(c5oc6ccccc6c35)-c3cc5c(cc3[Si]4(C)C)-c3c(cc(-c4ccc6c(c4)-c4ccccc4C6(C)C)c4c3oc3ccccc34)[Si]5(C)C)ccc21. The van der Waals surface area contributed by atoms with E-state index in [1.165, 1.54) is 131 Å². The van der Waals surface area contributed by atoms with Gasteiger partial charge in [0.1, 0.15) is 38.5 Å². The highest BCUT2D eigenvalue weighted by Gasteiger charge is 2.47. The molecule has 9 aromatic carbocycles. The molecular formula is C64H50O2Si2. The van der Waals surface area contributed by atoms with Crippen molar-refractivity contribution in [2.75, 3.05) is 0 Å². The van der Waals surface area contributed by atoms with Gasteiger partial charge in [0.2, 0.25) is 0 Å². The Morgan fingerprint density at radius 3 is 1.15 bits per heavy atom. The molecule has 0 bridgehead atoms. The molecule has 2 aromatic heterocycles. The molecule has 2 nitrogen and oxygen atoms in total. The van der Waals surface area contributed by atoms with Gasteiger partial charge in [-0.1, -0.05) is 187 Å². The third-order valence-corrected chi connectivity index (χ3v) is 24.5. The first-order valence-electron chi connectivity index (χ1n) is 24.4. The summed E-state index contributed by atoms with van der Waals surface area (Å²) in [5.74, 6) is 0. The van der Waals surface area contributed by atoms with Crippen molar-refractivity contribution in [2.24, 2.45) is 0 Å². The number of rotatable bonds is 2. The summed E-state index contributed by atoms with van der Waals surface area (Å²) in [7, 11) is -4.62. The van der Waals surface area contributed by atoms with E-state index in [0.717, 1.165) is 22.3 Å². The summed E-state index contributed by atoms with van der Waals surface area (Å²) >= 11 is 0. The van der Waals surface area contributed by atoms with Crippen molar-refractivity contribution in [1.29, 1.82) is 0 Å². The van der Waals surface area contributed by atoms with Crippen LogP contribution >= 0.6 is 0 Å². The van der Waals surface area contributed by atoms with Gasteiger partial charge in [-0.25, -0.2) is 0 Å². The molecule has 0 fully saturated rings. The Balaban J connectivity index is 0.962. The molecule has 326 valence electrons. The minimum absolute atomic E-state index is 0.0475. The van der Waals surface area contributed by atoms with Crippen molar-refractivity contribution in [3.8, 4) is 66.8 Å². The molecule has 2 aliphatic carbocycles. The quantitative estimate of drug-likeness (QED) is 0.162. The smallest absolute Gasteiger partial charge is 0.143 e. The van der Waals surface area contributed by atoms with E-state index in [1.807, 2.05) is 0 Å². The molecule has 0 atom stereocenters. The Hall–Kier alpha value is -6.99. The summed E-state index contributed by atoms with van der Waals surface area (Å²) in [4.78, 5) is 0. The van der Waals surface area contributed by atoms with Crippen molar-refractivity contribution < 1.29 is 8.83 Å². The maximum Gasteiger partial charge on any atom is 0.143 e. The first-order chi connectivity index (χ1) is 32.7. The predicted molar refractivity (Wildman–Crippen MR) is 291 cm³/mol. The topological polar surface area (TPSA) is 26.3 Å². The predicted octanol–water partition coefficient (Wildman–Crippen LogP) is 15.0. The second-order valence-electron chi connectivity index (χ2n) is 22.4. The fourth-order valence-electron chi connectivity index (χ4n) is 13.9. The van der Waals surface area contributed by atoms with E-state index < -0.39 is 16.1 Å². The Bertz CT molecular complexity index is 3880. The fourth-order valence-corrected chi connectivity index (χ4v) is 20.0. The summed E-state index contributed by atoms with van der Waals surface area (Å²) in [5.41, 5.74) is 25.2. The molecular weight excluding hydrogens is 857 g/mol. The Kier molecular flexibility index (Phi) is 7.21. The van der Waals surface area contributed by atoms with E-state index in [2.05, 4.69) is 212 Å². The third-order valence-electron chi connectivity index (χ3n) is 17.5. The van der Waals surface area contributed by atoms with Crippen LogP contribution in [-0.4, -0.2) is 16.1 Å². The van der Waals surface area contributed by atoms with Crippen LogP contribution in [0.2, 0.25) is 26.2 Å². The van der Waals surface area contributed by atoms with E-state index in [1.54, 1.807) is 0 Å². The highest BCUT2D eigenvalue weighted by molar-refractivity contribution is 7.06. The van der Waals surface area contributed by atoms with E-state index in [9.17, 15) is 0 Å². The highest BCUT2D eigenvalue weighted by Crippen LogP contribution is 2.53. The molecule has 4 heterocycles. The summed E-state index contributed by atoms with van der Waals surface area (Å²) in [6.45, 7) is 19.7. The van der Waals surface area contributed by atoms with Gasteiger partial charge < -0.3 is 8.83 Å². The molecule has 68 heavy (non-hydrogen) atoms. The number of furan rings is 2. The molecule has 0 saturated carbocycles. The zero-order valence-electron chi connectivity index (χ0n) is 39.8. The monoisotopic (exact) mass is 906 g/mol. The fraction of sp³-hybridized carbons (Fsp3) is 0.156. The molecule has 11 aromatic rings. The van der Waals surface area contributed by atoms with Crippen LogP contribution in [0.4, 0.5) is 0 Å². The summed E-state index contributed by atoms with van der Waals surface area (Å²) in [5, 5.41) is 10.7. The molecule has 0 spiro atoms. The van der Waals surface area contributed by atoms with Gasteiger partial charge >= 0.3 is 0 Å². The van der Waals surface area contributed by atoms with Gasteiger partial charge in [-0.15, -0.1) is 0 Å². The number of fused-ring (bicyclic) bond motifs is 20. The lowest BCUT2D eigenvalue weighted by Gasteiger charge is -2.22. The van der Waals surface area contributed by atoms with Crippen LogP contribution in [0.5, 0.6) is 0 Å². The average Bonchev–Trinajstić information content (AvgIpc) is 4.13. The van der Waals surface area contributed by atoms with Crippen molar-refractivity contribution in [3.05, 3.63) is 180 Å². The molecule has 15 rings (SSSR count). The number of hydrogen-bond donors (Lipinski definition) is 0. The van der Waals surface area contributed by atoms with Gasteiger partial charge in [0.15, 0.2) is 0 Å². The maximum atomic E-state index is 7.16. The van der Waals surface area contributed by atoms with Crippen molar-refractivity contribution in [3.63, 3.8) is 0 Å². The standard InChI is InChI=1S/C64H50O2Si2/c1-63(2)47-21-13-9-17-37(47)43-29-35(25-27-49(43)63)41-31-55-59(61-57(41)39-19-11-15-23-51(39)65-61)45-33-54-46(34-53(45)67(55,5)6)60-56(68(54,7)8)32-42(58-40-20-12-16-24-52(40)66-62(58)60)36-26-28-50-44(30-36)38-18-10-14-22-48(38)64(50,3)4/h9-34H,1-8H3. The molecule has 0 radical (unpaired) electrons. The maximum absolute atomic E-state index is 7.16. The Morgan fingerprint density at radius 1 is 0.338 bits per heavy atom. The number of para-hydroxylation sites is 2. The zero-order valence-corrected chi connectivity index (χ0v) is 41.8. The van der Waals surface area contributed by atoms with Crippen molar-refractivity contribution in [2.45, 2.75) is 64.7 Å². The summed E-state index contributed by atoms with van der Waals surface area (Å²) < 4.78 is 14.3. The van der Waals surface area contributed by atoms with E-state index in [0.29, 0.717) is 0 Å². The minimum atomic E-state index is -2.31. The normalized spacial score (nSPS) is 16.7. The molecule has 2 aliphatic heterocycles. The van der Waals surface area contributed by atoms with Crippen LogP contribution in [0.1, 0.15) is 49.9 Å². The van der Waals surface area contributed by atoms with Gasteiger partial charge in [0.05, 0.1) is 0 Å². The first-order valence-corrected chi connectivity index (χ1v) is 30.4. The van der Waals surface area contributed by atoms with Gasteiger partial charge in [0, 0.05) is 43.5 Å². The van der Waals surface area contributed by atoms with E-state index in [-0.39, 0.29) is 10.8 Å². The summed E-state index contributed by atoms with van der Waals surface area (Å²) in [6, 6.07) is 60.2. The van der Waals surface area contributed by atoms with Crippen LogP contribution in [0.3, 0.4) is 0 Å². The van der Waals surface area contributed by atoms with Crippen LogP contribution in [0.25, 0.3) is 111 Å². The molecule has 4 heteroatoms. The molecule has 0 amide bonds. The zero-order chi connectivity index (χ0) is 46.0. The number of hydrogen-bond acceptors (Lipinski definition) is 2. The highest BCUT2D eigenvalue weighted by atomic mass is 28.3. The van der Waals surface area contributed by atoms with Gasteiger partial charge in [-0.05, 0) is 123 Å². The second-order valence-corrected chi connectivity index (χ2v) is 31.0. The van der Waals surface area contributed by atoms with E-state index in [4.69, 9.17) is 8.83 Å². The van der Waals surface area contributed by atoms with Crippen molar-refractivity contribution in [1.82, 2.24) is 0 Å². The largest absolute Gasteiger partial charge is 0.455 e. The Morgan fingerprint density at radius 2 is 0.706 bits per heavy atom. The van der Waals surface area contributed by atoms with Gasteiger partial charge in [0.25, 0.3) is 0 Å². The minimum Gasteiger partial charge on any atom is -0.455 e. The van der Waals surface area contributed by atoms with Crippen LogP contribution in [-0.2, 0) is 10.8 Å². The van der Waals surface area contributed by atoms with Crippen LogP contribution in [0.15, 0.2) is 167 Å². The lowest BCUT2D eigenvalue weighted by Crippen LogP contribution is -2.51. The number of benzene rings is 9. The lowest BCUT2D eigenvalue weighted by atomic mass is 9.82. The van der Waals surface area contributed by atoms with Crippen LogP contribution < -0.4 is 20.7 Å².